The van der Waals surface area contributed by atoms with Crippen molar-refractivity contribution in [1.29, 1.82) is 0 Å². The van der Waals surface area contributed by atoms with E-state index in [9.17, 15) is 14.4 Å². The first-order valence-electron chi connectivity index (χ1n) is 10.1. The van der Waals surface area contributed by atoms with E-state index < -0.39 is 17.7 Å². The molecule has 0 aromatic heterocycles. The van der Waals surface area contributed by atoms with Gasteiger partial charge in [-0.3, -0.25) is 14.4 Å². The zero-order chi connectivity index (χ0) is 20.6. The molecule has 0 unspecified atom stereocenters. The van der Waals surface area contributed by atoms with Gasteiger partial charge in [-0.2, -0.15) is 0 Å². The Morgan fingerprint density at radius 1 is 1.17 bits per heavy atom. The van der Waals surface area contributed by atoms with Crippen LogP contribution in [0.15, 0.2) is 35.4 Å². The number of hydrazone groups is 1. The molecule has 156 valence electrons. The summed E-state index contributed by atoms with van der Waals surface area (Å²) in [5.41, 5.74) is 3.25. The third-order valence-electron chi connectivity index (χ3n) is 5.35. The van der Waals surface area contributed by atoms with Gasteiger partial charge in [0.1, 0.15) is 6.04 Å². The number of hydrogen-bond donors (Lipinski definition) is 2. The summed E-state index contributed by atoms with van der Waals surface area (Å²) in [5.74, 6) is -0.796. The van der Waals surface area contributed by atoms with Crippen molar-refractivity contribution in [2.24, 2.45) is 11.0 Å². The van der Waals surface area contributed by atoms with Crippen molar-refractivity contribution < 1.29 is 14.4 Å². The van der Waals surface area contributed by atoms with Crippen molar-refractivity contribution in [2.75, 3.05) is 19.3 Å². The Kier molecular flexibility index (Phi) is 7.69. The van der Waals surface area contributed by atoms with Crippen LogP contribution in [0.3, 0.4) is 0 Å². The average molecular weight is 417 g/mol. The highest BCUT2D eigenvalue weighted by Crippen LogP contribution is 2.24. The highest BCUT2D eigenvalue weighted by molar-refractivity contribution is 8.14. The normalized spacial score (nSPS) is 19.8. The standard InChI is InChI=1S/C21H28N4O3S/c1-25-12-13-29-21(25)24-23-20(28)18(26)17(14-15-8-4-2-5-9-15)22-19(27)16-10-6-3-7-11-16/h2,4-5,8-9,16-17H,3,6-7,10-14H2,1H3,(H,22,27)(H,23,28)/t17-/m0/s1. The molecule has 7 nitrogen and oxygen atoms in total. The van der Waals surface area contributed by atoms with Gasteiger partial charge in [0.15, 0.2) is 5.17 Å². The fourth-order valence-electron chi connectivity index (χ4n) is 3.62. The van der Waals surface area contributed by atoms with E-state index in [1.165, 1.54) is 11.8 Å². The number of rotatable bonds is 7. The first kappa shape index (κ1) is 21.4. The van der Waals surface area contributed by atoms with Crippen LogP contribution in [0.1, 0.15) is 37.7 Å². The number of nitrogens with zero attached hydrogens (tertiary/aromatic N) is 2. The fraction of sp³-hybridized carbons (Fsp3) is 0.524. The second kappa shape index (κ2) is 10.4. The number of hydrogen-bond acceptors (Lipinski definition) is 5. The van der Waals surface area contributed by atoms with Crippen molar-refractivity contribution in [3.8, 4) is 0 Å². The van der Waals surface area contributed by atoms with Gasteiger partial charge in [-0.25, -0.2) is 5.43 Å². The molecule has 1 aliphatic heterocycles. The van der Waals surface area contributed by atoms with E-state index >= 15 is 0 Å². The third kappa shape index (κ3) is 6.06. The number of amides is 2. The van der Waals surface area contributed by atoms with E-state index in [-0.39, 0.29) is 18.2 Å². The first-order chi connectivity index (χ1) is 14.0. The summed E-state index contributed by atoms with van der Waals surface area (Å²) in [6.45, 7) is 0.849. The van der Waals surface area contributed by atoms with Crippen LogP contribution in [0.2, 0.25) is 0 Å². The molecule has 8 heteroatoms. The fourth-order valence-corrected chi connectivity index (χ4v) is 4.59. The van der Waals surface area contributed by atoms with E-state index in [4.69, 9.17) is 0 Å². The molecule has 0 bridgehead atoms. The van der Waals surface area contributed by atoms with Crippen LogP contribution in [0.25, 0.3) is 0 Å². The Balaban J connectivity index is 1.67. The van der Waals surface area contributed by atoms with Gasteiger partial charge >= 0.3 is 5.91 Å². The average Bonchev–Trinajstić information content (AvgIpc) is 3.17. The van der Waals surface area contributed by atoms with Gasteiger partial charge in [0.05, 0.1) is 0 Å². The number of carbonyl (C=O) groups excluding carboxylic acids is 3. The topological polar surface area (TPSA) is 90.9 Å². The molecule has 29 heavy (non-hydrogen) atoms. The van der Waals surface area contributed by atoms with Crippen LogP contribution in [0, 0.1) is 5.92 Å². The number of Topliss-reactive ketones (excluding diaryl/α,β-unsaturated/α-hetero) is 1. The minimum atomic E-state index is -0.902. The summed E-state index contributed by atoms with van der Waals surface area (Å²) in [7, 11) is 1.88. The van der Waals surface area contributed by atoms with E-state index in [0.29, 0.717) is 5.17 Å². The molecular formula is C21H28N4O3S. The van der Waals surface area contributed by atoms with Gasteiger partial charge in [-0.1, -0.05) is 61.4 Å². The molecule has 1 aliphatic carbocycles. The quantitative estimate of drug-likeness (QED) is 0.524. The second-order valence-corrected chi connectivity index (χ2v) is 8.62. The second-order valence-electron chi connectivity index (χ2n) is 7.56. The Hall–Kier alpha value is -2.35. The predicted molar refractivity (Wildman–Crippen MR) is 114 cm³/mol. The maximum absolute atomic E-state index is 12.8. The van der Waals surface area contributed by atoms with Gasteiger partial charge in [0, 0.05) is 31.7 Å². The minimum absolute atomic E-state index is 0.0818. The Morgan fingerprint density at radius 2 is 1.90 bits per heavy atom. The highest BCUT2D eigenvalue weighted by atomic mass is 32.2. The summed E-state index contributed by atoms with van der Waals surface area (Å²) in [5, 5.41) is 7.57. The molecule has 1 aromatic rings. The molecule has 1 atom stereocenters. The van der Waals surface area contributed by atoms with Crippen molar-refractivity contribution in [1.82, 2.24) is 15.6 Å². The summed E-state index contributed by atoms with van der Waals surface area (Å²) in [4.78, 5) is 39.9. The number of benzene rings is 1. The lowest BCUT2D eigenvalue weighted by atomic mass is 9.88. The molecule has 1 saturated carbocycles. The summed E-state index contributed by atoms with van der Waals surface area (Å²) in [6, 6.07) is 8.50. The van der Waals surface area contributed by atoms with Crippen molar-refractivity contribution >= 4 is 34.5 Å². The van der Waals surface area contributed by atoms with Crippen molar-refractivity contribution in [3.05, 3.63) is 35.9 Å². The Labute approximate surface area is 175 Å². The number of ketones is 1. The van der Waals surface area contributed by atoms with E-state index in [1.807, 2.05) is 42.3 Å². The van der Waals surface area contributed by atoms with Gasteiger partial charge in [0.2, 0.25) is 11.7 Å². The molecule has 2 aliphatic rings. The van der Waals surface area contributed by atoms with Crippen LogP contribution < -0.4 is 10.7 Å². The van der Waals surface area contributed by atoms with Crippen LogP contribution >= 0.6 is 11.8 Å². The maximum atomic E-state index is 12.8. The highest BCUT2D eigenvalue weighted by Gasteiger charge is 2.30. The minimum Gasteiger partial charge on any atom is -0.352 e. The van der Waals surface area contributed by atoms with Crippen LogP contribution in [0.5, 0.6) is 0 Å². The number of nitrogens with one attached hydrogen (secondary N) is 2. The molecule has 2 N–H and O–H groups in total. The molecule has 2 fully saturated rings. The van der Waals surface area contributed by atoms with Gasteiger partial charge in [-0.05, 0) is 18.4 Å². The van der Waals surface area contributed by atoms with Gasteiger partial charge < -0.3 is 10.2 Å². The van der Waals surface area contributed by atoms with Crippen LogP contribution in [0.4, 0.5) is 0 Å². The first-order valence-corrected chi connectivity index (χ1v) is 11.1. The third-order valence-corrected chi connectivity index (χ3v) is 6.40. The SMILES string of the molecule is CN1CCSC1=NNC(=O)C(=O)[C@H](Cc1ccccc1)NC(=O)C1CCCCC1. The summed E-state index contributed by atoms with van der Waals surface area (Å²) >= 11 is 1.52. The molecule has 3 rings (SSSR count). The van der Waals surface area contributed by atoms with Gasteiger partial charge in [0.25, 0.3) is 0 Å². The lowest BCUT2D eigenvalue weighted by Gasteiger charge is -2.24. The monoisotopic (exact) mass is 416 g/mol. The van der Waals surface area contributed by atoms with E-state index in [1.54, 1.807) is 0 Å². The zero-order valence-corrected chi connectivity index (χ0v) is 17.5. The molecule has 1 saturated heterocycles. The summed E-state index contributed by atoms with van der Waals surface area (Å²) in [6.07, 6.45) is 5.14. The van der Waals surface area contributed by atoms with Crippen LogP contribution in [-0.4, -0.2) is 53.1 Å². The smallest absolute Gasteiger partial charge is 0.309 e. The number of carbonyl (C=O) groups is 3. The Morgan fingerprint density at radius 3 is 2.55 bits per heavy atom. The van der Waals surface area contributed by atoms with Crippen molar-refractivity contribution in [2.45, 2.75) is 44.6 Å². The number of thioether (sulfide) groups is 1. The molecule has 0 spiro atoms. The molecule has 0 radical (unpaired) electrons. The largest absolute Gasteiger partial charge is 0.352 e. The van der Waals surface area contributed by atoms with Crippen LogP contribution in [-0.2, 0) is 20.8 Å². The molecule has 2 amide bonds. The van der Waals surface area contributed by atoms with E-state index in [0.717, 1.165) is 50.0 Å². The van der Waals surface area contributed by atoms with Gasteiger partial charge in [-0.15, -0.1) is 5.10 Å². The maximum Gasteiger partial charge on any atom is 0.309 e. The zero-order valence-electron chi connectivity index (χ0n) is 16.7. The molecule has 1 heterocycles. The summed E-state index contributed by atoms with van der Waals surface area (Å²) < 4.78 is 0. The van der Waals surface area contributed by atoms with E-state index in [2.05, 4.69) is 15.8 Å². The molecule has 1 aromatic carbocycles. The lowest BCUT2D eigenvalue weighted by molar-refractivity contribution is -0.140. The van der Waals surface area contributed by atoms with Crippen molar-refractivity contribution in [3.63, 3.8) is 0 Å². The Bertz CT molecular complexity index is 762. The molecular weight excluding hydrogens is 388 g/mol. The predicted octanol–water partition coefficient (Wildman–Crippen LogP) is 1.93. The number of amidine groups is 1. The lowest BCUT2D eigenvalue weighted by Crippen LogP contribution is -2.49.